The van der Waals surface area contributed by atoms with Crippen molar-refractivity contribution in [3.8, 4) is 5.75 Å². The van der Waals surface area contributed by atoms with Crippen LogP contribution in [0.3, 0.4) is 0 Å². The van der Waals surface area contributed by atoms with Crippen molar-refractivity contribution in [2.75, 3.05) is 6.54 Å². The quantitative estimate of drug-likeness (QED) is 0.665. The van der Waals surface area contributed by atoms with E-state index in [1.807, 2.05) is 6.07 Å². The molecule has 0 aromatic heterocycles. The van der Waals surface area contributed by atoms with Gasteiger partial charge in [0.25, 0.3) is 0 Å². The zero-order chi connectivity index (χ0) is 15.7. The number of benzene rings is 1. The molecule has 120 valence electrons. The lowest BCUT2D eigenvalue weighted by atomic mass is 9.90. The monoisotopic (exact) mass is 301 g/mol. The van der Waals surface area contributed by atoms with E-state index in [-0.39, 0.29) is 11.6 Å². The van der Waals surface area contributed by atoms with Gasteiger partial charge in [-0.25, -0.2) is 0 Å². The van der Waals surface area contributed by atoms with Gasteiger partial charge in [0.1, 0.15) is 11.4 Å². The number of guanidine groups is 1. The van der Waals surface area contributed by atoms with Gasteiger partial charge < -0.3 is 15.4 Å². The Morgan fingerprint density at radius 3 is 2.73 bits per heavy atom. The minimum Gasteiger partial charge on any atom is -0.487 e. The molecule has 3 rings (SSSR count). The molecule has 0 spiro atoms. The van der Waals surface area contributed by atoms with Crippen LogP contribution in [0.4, 0.5) is 0 Å². The first kappa shape index (κ1) is 15.2. The van der Waals surface area contributed by atoms with Crippen LogP contribution in [-0.4, -0.2) is 24.1 Å². The molecule has 4 nitrogen and oxygen atoms in total. The van der Waals surface area contributed by atoms with Crippen molar-refractivity contribution in [3.05, 3.63) is 29.8 Å². The third kappa shape index (κ3) is 3.37. The standard InChI is InChI=1S/C18H27N3O/c1-5-19-17(20-14-10-12(14)2)21-15-11-18(3,4)22-16-9-7-6-8-13(15)16/h6-9,12,14-15H,5,10-11H2,1-4H3,(H2,19,20,21). The van der Waals surface area contributed by atoms with E-state index in [0.717, 1.165) is 30.6 Å². The lowest BCUT2D eigenvalue weighted by Gasteiger charge is -2.38. The normalized spacial score (nSPS) is 29.3. The Kier molecular flexibility index (Phi) is 4.02. The number of nitrogens with one attached hydrogen (secondary N) is 2. The molecule has 1 aliphatic heterocycles. The first-order chi connectivity index (χ1) is 10.5. The van der Waals surface area contributed by atoms with Crippen LogP contribution < -0.4 is 15.4 Å². The van der Waals surface area contributed by atoms with Gasteiger partial charge >= 0.3 is 0 Å². The Balaban J connectivity index is 1.79. The molecule has 1 heterocycles. The van der Waals surface area contributed by atoms with Crippen LogP contribution in [0, 0.1) is 5.92 Å². The molecule has 2 N–H and O–H groups in total. The molecule has 0 radical (unpaired) electrons. The molecule has 1 aromatic carbocycles. The number of nitrogens with zero attached hydrogens (tertiary/aromatic N) is 1. The zero-order valence-corrected chi connectivity index (χ0v) is 14.0. The van der Waals surface area contributed by atoms with Crippen LogP contribution >= 0.6 is 0 Å². The lowest BCUT2D eigenvalue weighted by Crippen LogP contribution is -2.46. The average molecular weight is 301 g/mol. The Hall–Kier alpha value is -1.71. The summed E-state index contributed by atoms with van der Waals surface area (Å²) in [6.07, 6.45) is 2.16. The van der Waals surface area contributed by atoms with E-state index in [1.165, 1.54) is 12.0 Å². The van der Waals surface area contributed by atoms with Crippen LogP contribution in [0.15, 0.2) is 29.3 Å². The van der Waals surface area contributed by atoms with Crippen LogP contribution in [0.2, 0.25) is 0 Å². The van der Waals surface area contributed by atoms with E-state index in [4.69, 9.17) is 4.74 Å². The van der Waals surface area contributed by atoms with Gasteiger partial charge in [-0.2, -0.15) is 0 Å². The zero-order valence-electron chi connectivity index (χ0n) is 14.0. The maximum atomic E-state index is 6.10. The molecule has 22 heavy (non-hydrogen) atoms. The fourth-order valence-corrected chi connectivity index (χ4v) is 3.09. The number of para-hydroxylation sites is 1. The number of hydrogen-bond donors (Lipinski definition) is 2. The predicted molar refractivity (Wildman–Crippen MR) is 90.3 cm³/mol. The average Bonchev–Trinajstić information content (AvgIpc) is 3.13. The number of fused-ring (bicyclic) bond motifs is 1. The first-order valence-electron chi connectivity index (χ1n) is 8.34. The molecular weight excluding hydrogens is 274 g/mol. The molecule has 1 aliphatic carbocycles. The highest BCUT2D eigenvalue weighted by atomic mass is 16.5. The van der Waals surface area contributed by atoms with Crippen molar-refractivity contribution in [2.24, 2.45) is 10.9 Å². The second-order valence-corrected chi connectivity index (χ2v) is 7.09. The predicted octanol–water partition coefficient (Wildman–Crippen LogP) is 3.25. The van der Waals surface area contributed by atoms with E-state index < -0.39 is 0 Å². The summed E-state index contributed by atoms with van der Waals surface area (Å²) in [4.78, 5) is 4.61. The van der Waals surface area contributed by atoms with E-state index in [2.05, 4.69) is 61.5 Å². The van der Waals surface area contributed by atoms with E-state index in [0.29, 0.717) is 6.04 Å². The summed E-state index contributed by atoms with van der Waals surface area (Å²) in [6, 6.07) is 9.10. The minimum absolute atomic E-state index is 0.170. The van der Waals surface area contributed by atoms with Crippen LogP contribution in [0.1, 0.15) is 52.1 Å². The van der Waals surface area contributed by atoms with Crippen molar-refractivity contribution < 1.29 is 4.74 Å². The van der Waals surface area contributed by atoms with Gasteiger partial charge in [0.05, 0.1) is 6.04 Å². The summed E-state index contributed by atoms with van der Waals surface area (Å²) in [6.45, 7) is 9.41. The maximum Gasteiger partial charge on any atom is 0.191 e. The molecule has 3 atom stereocenters. The van der Waals surface area contributed by atoms with Crippen molar-refractivity contribution >= 4 is 5.96 Å². The largest absolute Gasteiger partial charge is 0.487 e. The highest BCUT2D eigenvalue weighted by Crippen LogP contribution is 2.39. The third-order valence-electron chi connectivity index (χ3n) is 4.44. The maximum absolute atomic E-state index is 6.10. The summed E-state index contributed by atoms with van der Waals surface area (Å²) in [5.41, 5.74) is 1.05. The van der Waals surface area contributed by atoms with Gasteiger partial charge in [0.15, 0.2) is 5.96 Å². The summed E-state index contributed by atoms with van der Waals surface area (Å²) < 4.78 is 6.10. The second kappa shape index (κ2) is 5.82. The Labute approximate surface area is 133 Å². The Morgan fingerprint density at radius 1 is 1.32 bits per heavy atom. The van der Waals surface area contributed by atoms with Gasteiger partial charge in [0, 0.05) is 24.6 Å². The Bertz CT molecular complexity index is 567. The topological polar surface area (TPSA) is 45.7 Å². The third-order valence-corrected chi connectivity index (χ3v) is 4.44. The summed E-state index contributed by atoms with van der Waals surface area (Å²) in [5, 5.41) is 7.16. The molecule has 0 saturated heterocycles. The fourth-order valence-electron chi connectivity index (χ4n) is 3.09. The highest BCUT2D eigenvalue weighted by molar-refractivity contribution is 5.81. The van der Waals surface area contributed by atoms with Gasteiger partial charge in [-0.1, -0.05) is 25.1 Å². The molecule has 0 amide bonds. The van der Waals surface area contributed by atoms with E-state index in [9.17, 15) is 0 Å². The number of rotatable bonds is 3. The molecule has 0 bridgehead atoms. The number of aliphatic imine (C=N–C) groups is 1. The van der Waals surface area contributed by atoms with Gasteiger partial charge in [-0.05, 0) is 39.2 Å². The van der Waals surface area contributed by atoms with Gasteiger partial charge in [0.2, 0.25) is 0 Å². The lowest BCUT2D eigenvalue weighted by molar-refractivity contribution is 0.0694. The van der Waals surface area contributed by atoms with Crippen LogP contribution in [0.25, 0.3) is 0 Å². The highest BCUT2D eigenvalue weighted by Gasteiger charge is 2.36. The molecule has 1 saturated carbocycles. The molecule has 2 aliphatic rings. The minimum atomic E-state index is -0.170. The smallest absolute Gasteiger partial charge is 0.191 e. The summed E-state index contributed by atoms with van der Waals surface area (Å²) in [5.74, 6) is 2.66. The number of ether oxygens (including phenoxy) is 1. The molecule has 4 heteroatoms. The van der Waals surface area contributed by atoms with Crippen molar-refractivity contribution in [1.29, 1.82) is 0 Å². The number of hydrogen-bond acceptors (Lipinski definition) is 2. The molecule has 3 unspecified atom stereocenters. The van der Waals surface area contributed by atoms with Crippen LogP contribution in [0.5, 0.6) is 5.75 Å². The fraction of sp³-hybridized carbons (Fsp3) is 0.611. The SMILES string of the molecule is CCN=C(NC1CC(C)(C)Oc2ccccc21)NC1CC1C. The van der Waals surface area contributed by atoms with Crippen LogP contribution in [-0.2, 0) is 0 Å². The van der Waals surface area contributed by atoms with E-state index >= 15 is 0 Å². The van der Waals surface area contributed by atoms with Gasteiger partial charge in [-0.15, -0.1) is 0 Å². The Morgan fingerprint density at radius 2 is 2.05 bits per heavy atom. The van der Waals surface area contributed by atoms with Crippen molar-refractivity contribution in [2.45, 2.75) is 58.2 Å². The summed E-state index contributed by atoms with van der Waals surface area (Å²) in [7, 11) is 0. The molecular formula is C18H27N3O. The van der Waals surface area contributed by atoms with Gasteiger partial charge in [-0.3, -0.25) is 4.99 Å². The first-order valence-corrected chi connectivity index (χ1v) is 8.34. The van der Waals surface area contributed by atoms with Crippen molar-refractivity contribution in [1.82, 2.24) is 10.6 Å². The van der Waals surface area contributed by atoms with Crippen molar-refractivity contribution in [3.63, 3.8) is 0 Å². The second-order valence-electron chi connectivity index (χ2n) is 7.09. The molecule has 1 aromatic rings. The molecule has 1 fully saturated rings. The summed E-state index contributed by atoms with van der Waals surface area (Å²) >= 11 is 0. The van der Waals surface area contributed by atoms with E-state index in [1.54, 1.807) is 0 Å².